The second-order valence-corrected chi connectivity index (χ2v) is 17.0. The number of aliphatic hydroxyl groups excluding tert-OH is 1. The maximum atomic E-state index is 12.7. The average Bonchev–Trinajstić information content (AvgIpc) is 3.11. The highest BCUT2D eigenvalue weighted by Gasteiger charge is 2.20. The van der Waals surface area contributed by atoms with Crippen LogP contribution in [0.3, 0.4) is 0 Å². The van der Waals surface area contributed by atoms with Crippen LogP contribution in [0.4, 0.5) is 0 Å². The summed E-state index contributed by atoms with van der Waals surface area (Å²) in [6.45, 7) is 5.11. The lowest BCUT2D eigenvalue weighted by molar-refractivity contribution is -0.870. The summed E-state index contributed by atoms with van der Waals surface area (Å²) in [5.41, 5.74) is 0. The minimum atomic E-state index is -4.58. The largest absolute Gasteiger partial charge is 0.756 e. The average molecular weight is 784 g/mol. The summed E-state index contributed by atoms with van der Waals surface area (Å²) in [7, 11) is 1.24. The smallest absolute Gasteiger partial charge is 0.306 e. The van der Waals surface area contributed by atoms with Crippen molar-refractivity contribution >= 4 is 13.8 Å². The number of nitrogens with zero attached hydrogens (tertiary/aromatic N) is 1. The monoisotopic (exact) mass is 784 g/mol. The van der Waals surface area contributed by atoms with Crippen LogP contribution in [0.1, 0.15) is 162 Å². The van der Waals surface area contributed by atoms with Gasteiger partial charge in [-0.2, -0.15) is 0 Å². The highest BCUT2D eigenvalue weighted by Crippen LogP contribution is 2.38. The number of phosphoric ester groups is 1. The Morgan fingerprint density at radius 2 is 1.24 bits per heavy atom. The molecule has 10 heteroatoms. The van der Waals surface area contributed by atoms with E-state index >= 15 is 0 Å². The fraction of sp³-hybridized carbons (Fsp3) is 0.795. The summed E-state index contributed by atoms with van der Waals surface area (Å²) in [4.78, 5) is 25.0. The SMILES string of the molecule is CCCCC/C=C\C/C=C\C/C=C\C=C\C(O)CCCC(=O)OC(COCCCCCCCCCCCCCCCC)COP(=O)([O-])OCC[N+](C)(C)C. The molecule has 0 bridgehead atoms. The van der Waals surface area contributed by atoms with Crippen LogP contribution in [0.2, 0.25) is 0 Å². The standard InChI is InChI=1S/C44H82NO8P/c1-6-8-10-12-14-16-18-20-22-24-26-28-30-32-38-50-40-43(41-52-54(48,49)51-39-37-45(3,4)5)53-44(47)36-33-35-42(46)34-31-29-27-25-23-21-19-17-15-13-11-9-7-2/h15,17,21,23,27,29,31,34,42-43,46H,6-14,16,18-20,22,24-26,28,30,32-33,35-41H2,1-5H3/b17-15-,23-21-,29-27-,34-31+. The van der Waals surface area contributed by atoms with Crippen molar-refractivity contribution in [2.24, 2.45) is 0 Å². The summed E-state index contributed by atoms with van der Waals surface area (Å²) in [6, 6.07) is 0. The number of esters is 1. The first-order chi connectivity index (χ1) is 26.0. The van der Waals surface area contributed by atoms with Gasteiger partial charge >= 0.3 is 5.97 Å². The molecule has 54 heavy (non-hydrogen) atoms. The molecule has 0 heterocycles. The molecule has 0 aromatic rings. The van der Waals surface area contributed by atoms with Gasteiger partial charge in [-0.15, -0.1) is 0 Å². The zero-order valence-electron chi connectivity index (χ0n) is 35.3. The lowest BCUT2D eigenvalue weighted by atomic mass is 10.0. The number of allylic oxidation sites excluding steroid dienone is 7. The summed E-state index contributed by atoms with van der Waals surface area (Å²) in [5, 5.41) is 10.3. The summed E-state index contributed by atoms with van der Waals surface area (Å²) in [5.74, 6) is -0.492. The molecular weight excluding hydrogens is 701 g/mol. The van der Waals surface area contributed by atoms with E-state index in [9.17, 15) is 19.4 Å². The van der Waals surface area contributed by atoms with Crippen molar-refractivity contribution in [2.75, 3.05) is 54.1 Å². The van der Waals surface area contributed by atoms with Gasteiger partial charge in [0.25, 0.3) is 7.82 Å². The van der Waals surface area contributed by atoms with Crippen molar-refractivity contribution in [1.82, 2.24) is 0 Å². The Kier molecular flexibility index (Phi) is 35.9. The first kappa shape index (κ1) is 52.4. The second kappa shape index (κ2) is 37.0. The first-order valence-corrected chi connectivity index (χ1v) is 22.9. The van der Waals surface area contributed by atoms with Crippen LogP contribution in [0.15, 0.2) is 48.6 Å². The molecule has 316 valence electrons. The van der Waals surface area contributed by atoms with Gasteiger partial charge in [0.1, 0.15) is 19.3 Å². The molecular formula is C44H82NO8P. The predicted molar refractivity (Wildman–Crippen MR) is 223 cm³/mol. The van der Waals surface area contributed by atoms with E-state index in [0.717, 1.165) is 38.5 Å². The van der Waals surface area contributed by atoms with Gasteiger partial charge < -0.3 is 33.0 Å². The molecule has 0 amide bonds. The van der Waals surface area contributed by atoms with Gasteiger partial charge in [-0.25, -0.2) is 0 Å². The molecule has 0 saturated heterocycles. The highest BCUT2D eigenvalue weighted by atomic mass is 31.2. The molecule has 0 aromatic heterocycles. The normalized spacial score (nSPS) is 14.9. The van der Waals surface area contributed by atoms with Crippen LogP contribution in [0.25, 0.3) is 0 Å². The van der Waals surface area contributed by atoms with Gasteiger partial charge in [-0.05, 0) is 44.9 Å². The van der Waals surface area contributed by atoms with Crippen molar-refractivity contribution < 1.29 is 42.4 Å². The van der Waals surface area contributed by atoms with Crippen molar-refractivity contribution in [2.45, 2.75) is 174 Å². The number of phosphoric acid groups is 1. The van der Waals surface area contributed by atoms with Crippen molar-refractivity contribution in [3.05, 3.63) is 48.6 Å². The van der Waals surface area contributed by atoms with Crippen LogP contribution in [-0.4, -0.2) is 81.9 Å². The van der Waals surface area contributed by atoms with E-state index < -0.39 is 26.0 Å². The molecule has 0 saturated carbocycles. The number of unbranched alkanes of at least 4 members (excludes halogenated alkanes) is 16. The fourth-order valence-electron chi connectivity index (χ4n) is 5.59. The van der Waals surface area contributed by atoms with E-state index in [1.165, 1.54) is 89.9 Å². The number of rotatable bonds is 39. The molecule has 0 aliphatic carbocycles. The number of carbonyl (C=O) groups excluding carboxylic acids is 1. The number of carbonyl (C=O) groups is 1. The maximum absolute atomic E-state index is 12.7. The third-order valence-electron chi connectivity index (χ3n) is 8.99. The van der Waals surface area contributed by atoms with E-state index in [-0.39, 0.29) is 26.2 Å². The maximum Gasteiger partial charge on any atom is 0.306 e. The van der Waals surface area contributed by atoms with Crippen molar-refractivity contribution in [3.8, 4) is 0 Å². The van der Waals surface area contributed by atoms with E-state index in [4.69, 9.17) is 18.5 Å². The van der Waals surface area contributed by atoms with E-state index in [0.29, 0.717) is 30.5 Å². The Morgan fingerprint density at radius 1 is 0.685 bits per heavy atom. The zero-order chi connectivity index (χ0) is 40.0. The van der Waals surface area contributed by atoms with Crippen molar-refractivity contribution in [1.29, 1.82) is 0 Å². The van der Waals surface area contributed by atoms with Crippen molar-refractivity contribution in [3.63, 3.8) is 0 Å². The third-order valence-corrected chi connectivity index (χ3v) is 9.95. The molecule has 3 unspecified atom stereocenters. The Labute approximate surface area is 331 Å². The third kappa shape index (κ3) is 40.1. The first-order valence-electron chi connectivity index (χ1n) is 21.5. The number of hydrogen-bond donors (Lipinski definition) is 1. The number of ether oxygens (including phenoxy) is 2. The number of hydrogen-bond acceptors (Lipinski definition) is 8. The van der Waals surface area contributed by atoms with Gasteiger partial charge in [-0.1, -0.05) is 159 Å². The molecule has 0 aliphatic rings. The Morgan fingerprint density at radius 3 is 1.85 bits per heavy atom. The predicted octanol–water partition coefficient (Wildman–Crippen LogP) is 10.7. The number of quaternary nitrogens is 1. The minimum absolute atomic E-state index is 0.00884. The number of aliphatic hydroxyl groups is 1. The zero-order valence-corrected chi connectivity index (χ0v) is 36.2. The van der Waals surface area contributed by atoms with Gasteiger partial charge in [-0.3, -0.25) is 9.36 Å². The van der Waals surface area contributed by atoms with E-state index in [1.807, 2.05) is 39.4 Å². The lowest BCUT2D eigenvalue weighted by Gasteiger charge is -2.28. The Balaban J connectivity index is 4.46. The number of likely N-dealkylation sites (N-methyl/N-ethyl adjacent to an activating group) is 1. The molecule has 0 aromatic carbocycles. The molecule has 0 rings (SSSR count). The molecule has 0 fully saturated rings. The summed E-state index contributed by atoms with van der Waals surface area (Å²) in [6.07, 6.45) is 40.1. The highest BCUT2D eigenvalue weighted by molar-refractivity contribution is 7.45. The van der Waals surface area contributed by atoms with Crippen LogP contribution in [-0.2, 0) is 27.9 Å². The summed E-state index contributed by atoms with van der Waals surface area (Å²) >= 11 is 0. The molecule has 3 atom stereocenters. The van der Waals surface area contributed by atoms with Crippen LogP contribution in [0.5, 0.6) is 0 Å². The van der Waals surface area contributed by atoms with E-state index in [1.54, 1.807) is 6.08 Å². The van der Waals surface area contributed by atoms with Gasteiger partial charge in [0, 0.05) is 13.0 Å². The van der Waals surface area contributed by atoms with Gasteiger partial charge in [0.15, 0.2) is 0 Å². The fourth-order valence-corrected chi connectivity index (χ4v) is 6.32. The van der Waals surface area contributed by atoms with Crippen LogP contribution < -0.4 is 4.89 Å². The molecule has 0 spiro atoms. The summed E-state index contributed by atoms with van der Waals surface area (Å²) < 4.78 is 34.4. The Hall–Kier alpha value is -1.58. The van der Waals surface area contributed by atoms with Crippen LogP contribution >= 0.6 is 7.82 Å². The quantitative estimate of drug-likeness (QED) is 0.0164. The van der Waals surface area contributed by atoms with Crippen LogP contribution in [0, 0.1) is 0 Å². The van der Waals surface area contributed by atoms with Gasteiger partial charge in [0.2, 0.25) is 0 Å². The van der Waals surface area contributed by atoms with E-state index in [2.05, 4.69) is 38.2 Å². The molecule has 0 aliphatic heterocycles. The van der Waals surface area contributed by atoms with Gasteiger partial charge in [0.05, 0.1) is 40.5 Å². The Bertz CT molecular complexity index is 1020. The molecule has 1 N–H and O–H groups in total. The second-order valence-electron chi connectivity index (χ2n) is 15.6. The molecule has 0 radical (unpaired) electrons. The lowest BCUT2D eigenvalue weighted by Crippen LogP contribution is -2.37. The topological polar surface area (TPSA) is 114 Å². The molecule has 9 nitrogen and oxygen atoms in total. The minimum Gasteiger partial charge on any atom is -0.756 e.